The van der Waals surface area contributed by atoms with Gasteiger partial charge in [0.25, 0.3) is 0 Å². The number of hydrogen-bond donors (Lipinski definition) is 0. The Hall–Kier alpha value is -2.30. The summed E-state index contributed by atoms with van der Waals surface area (Å²) in [6.45, 7) is 0. The first kappa shape index (κ1) is 10.2. The van der Waals surface area contributed by atoms with Crippen molar-refractivity contribution >= 4 is 22.9 Å². The van der Waals surface area contributed by atoms with Crippen molar-refractivity contribution in [3.63, 3.8) is 0 Å². The highest BCUT2D eigenvalue weighted by Crippen LogP contribution is 2.28. The minimum absolute atomic E-state index is 0.266. The van der Waals surface area contributed by atoms with E-state index in [0.29, 0.717) is 15.8 Å². The molecule has 0 fully saturated rings. The van der Waals surface area contributed by atoms with Gasteiger partial charge in [-0.25, -0.2) is 4.39 Å². The van der Waals surface area contributed by atoms with E-state index >= 15 is 0 Å². The van der Waals surface area contributed by atoms with Gasteiger partial charge in [-0.15, -0.1) is 4.91 Å². The highest BCUT2D eigenvalue weighted by Gasteiger charge is 2.11. The molecule has 5 heteroatoms. The second-order valence-electron chi connectivity index (χ2n) is 3.14. The van der Waals surface area contributed by atoms with Crippen LogP contribution in [0.25, 0.3) is 10.8 Å². The minimum Gasteiger partial charge on any atom is -0.276 e. The number of rotatable bonds is 3. The van der Waals surface area contributed by atoms with Crippen LogP contribution < -0.4 is 5.01 Å². The summed E-state index contributed by atoms with van der Waals surface area (Å²) in [6.07, 6.45) is 0.284. The van der Waals surface area contributed by atoms with Crippen LogP contribution in [0.5, 0.6) is 0 Å². The van der Waals surface area contributed by atoms with Gasteiger partial charge in [-0.1, -0.05) is 24.3 Å². The second kappa shape index (κ2) is 4.06. The van der Waals surface area contributed by atoms with Gasteiger partial charge in [-0.05, 0) is 12.1 Å². The maximum absolute atomic E-state index is 13.4. The molecule has 0 atom stereocenters. The Morgan fingerprint density at radius 3 is 2.44 bits per heavy atom. The Kier molecular flexibility index (Phi) is 2.59. The summed E-state index contributed by atoms with van der Waals surface area (Å²) >= 11 is 0. The summed E-state index contributed by atoms with van der Waals surface area (Å²) < 4.78 is 13.4. The maximum atomic E-state index is 13.4. The van der Waals surface area contributed by atoms with Gasteiger partial charge in [-0.2, -0.15) is 5.01 Å². The predicted molar refractivity (Wildman–Crippen MR) is 58.2 cm³/mol. The molecule has 0 aliphatic carbocycles. The molecule has 0 bridgehead atoms. The Balaban J connectivity index is 2.76. The van der Waals surface area contributed by atoms with Gasteiger partial charge in [0.15, 0.2) is 0 Å². The van der Waals surface area contributed by atoms with Gasteiger partial charge in [0.05, 0.1) is 11.0 Å². The molecule has 0 aliphatic heterocycles. The van der Waals surface area contributed by atoms with E-state index in [1.54, 1.807) is 24.3 Å². The molecule has 1 amide bonds. The SMILES string of the molecule is O=CN(N=O)c1ccc(F)c2ccccc12. The van der Waals surface area contributed by atoms with Crippen molar-refractivity contribution in [3.05, 3.63) is 47.1 Å². The van der Waals surface area contributed by atoms with E-state index in [9.17, 15) is 14.1 Å². The fourth-order valence-electron chi connectivity index (χ4n) is 1.57. The lowest BCUT2D eigenvalue weighted by atomic mass is 10.1. The number of amides is 1. The van der Waals surface area contributed by atoms with Gasteiger partial charge >= 0.3 is 0 Å². The lowest BCUT2D eigenvalue weighted by Gasteiger charge is -2.10. The number of benzene rings is 2. The minimum atomic E-state index is -0.406. The van der Waals surface area contributed by atoms with E-state index in [0.717, 1.165) is 0 Å². The van der Waals surface area contributed by atoms with Gasteiger partial charge < -0.3 is 0 Å². The summed E-state index contributed by atoms with van der Waals surface area (Å²) in [5, 5.41) is 3.99. The fraction of sp³-hybridized carbons (Fsp3) is 0. The van der Waals surface area contributed by atoms with Crippen LogP contribution in [0.1, 0.15) is 0 Å². The van der Waals surface area contributed by atoms with Crippen molar-refractivity contribution in [1.29, 1.82) is 0 Å². The average molecular weight is 218 g/mol. The molecular weight excluding hydrogens is 211 g/mol. The molecule has 2 aromatic carbocycles. The Morgan fingerprint density at radius 1 is 1.12 bits per heavy atom. The molecule has 0 aliphatic rings. The molecule has 0 heterocycles. The van der Waals surface area contributed by atoms with E-state index in [2.05, 4.69) is 5.29 Å². The number of hydrogen-bond acceptors (Lipinski definition) is 3. The lowest BCUT2D eigenvalue weighted by Crippen LogP contribution is -2.12. The molecule has 4 nitrogen and oxygen atoms in total. The van der Waals surface area contributed by atoms with Crippen molar-refractivity contribution in [2.24, 2.45) is 5.29 Å². The third-order valence-corrected chi connectivity index (χ3v) is 2.28. The fourth-order valence-corrected chi connectivity index (χ4v) is 1.57. The number of carbonyl (C=O) groups is 1. The van der Waals surface area contributed by atoms with Crippen LogP contribution in [0, 0.1) is 10.7 Å². The molecule has 2 rings (SSSR count). The molecule has 16 heavy (non-hydrogen) atoms. The van der Waals surface area contributed by atoms with Gasteiger partial charge in [0.1, 0.15) is 5.82 Å². The first-order valence-electron chi connectivity index (χ1n) is 4.53. The van der Waals surface area contributed by atoms with Crippen LogP contribution in [-0.4, -0.2) is 6.41 Å². The van der Waals surface area contributed by atoms with Crippen LogP contribution >= 0.6 is 0 Å². The van der Waals surface area contributed by atoms with Crippen molar-refractivity contribution in [2.75, 3.05) is 5.01 Å². The van der Waals surface area contributed by atoms with E-state index in [4.69, 9.17) is 0 Å². The van der Waals surface area contributed by atoms with Gasteiger partial charge in [0, 0.05) is 10.8 Å². The number of carbonyl (C=O) groups excluding carboxylic acids is 1. The predicted octanol–water partition coefficient (Wildman–Crippen LogP) is 2.62. The van der Waals surface area contributed by atoms with Gasteiger partial charge in [0.2, 0.25) is 6.41 Å². The van der Waals surface area contributed by atoms with Crippen LogP contribution in [0.15, 0.2) is 41.7 Å². The summed E-state index contributed by atoms with van der Waals surface area (Å²) in [5.41, 5.74) is 0.266. The zero-order chi connectivity index (χ0) is 11.5. The number of nitroso groups, excluding NO2 is 1. The average Bonchev–Trinajstić information content (AvgIpc) is 2.34. The smallest absolute Gasteiger partial charge is 0.237 e. The molecule has 0 N–H and O–H groups in total. The molecule has 0 saturated carbocycles. The van der Waals surface area contributed by atoms with E-state index in [1.807, 2.05) is 0 Å². The molecule has 0 saturated heterocycles. The molecule has 0 spiro atoms. The van der Waals surface area contributed by atoms with Crippen LogP contribution in [-0.2, 0) is 4.79 Å². The first-order chi connectivity index (χ1) is 7.77. The maximum Gasteiger partial charge on any atom is 0.237 e. The second-order valence-corrected chi connectivity index (χ2v) is 3.14. The largest absolute Gasteiger partial charge is 0.276 e. The number of nitrogens with zero attached hydrogens (tertiary/aromatic N) is 2. The first-order valence-corrected chi connectivity index (χ1v) is 4.53. The summed E-state index contributed by atoms with van der Waals surface area (Å²) in [6, 6.07) is 9.10. The Morgan fingerprint density at radius 2 is 1.81 bits per heavy atom. The molecule has 0 aromatic heterocycles. The highest BCUT2D eigenvalue weighted by molar-refractivity contribution is 5.98. The lowest BCUT2D eigenvalue weighted by molar-refractivity contribution is -0.107. The van der Waals surface area contributed by atoms with E-state index in [-0.39, 0.29) is 12.1 Å². The monoisotopic (exact) mass is 218 g/mol. The zero-order valence-corrected chi connectivity index (χ0v) is 8.13. The topological polar surface area (TPSA) is 49.7 Å². The molecule has 2 aromatic rings. The molecule has 0 radical (unpaired) electrons. The van der Waals surface area contributed by atoms with Crippen LogP contribution in [0.2, 0.25) is 0 Å². The molecule has 80 valence electrons. The van der Waals surface area contributed by atoms with Crippen molar-refractivity contribution < 1.29 is 9.18 Å². The third kappa shape index (κ3) is 1.52. The van der Waals surface area contributed by atoms with Gasteiger partial charge in [-0.3, -0.25) is 4.79 Å². The Bertz CT molecular complexity index is 549. The number of halogens is 1. The summed E-state index contributed by atoms with van der Waals surface area (Å²) in [7, 11) is 0. The van der Waals surface area contributed by atoms with Crippen molar-refractivity contribution in [3.8, 4) is 0 Å². The quantitative estimate of drug-likeness (QED) is 0.451. The van der Waals surface area contributed by atoms with Crippen molar-refractivity contribution in [2.45, 2.75) is 0 Å². The van der Waals surface area contributed by atoms with E-state index < -0.39 is 5.82 Å². The molecule has 0 unspecified atom stereocenters. The standard InChI is InChI=1S/C11H7FN2O2/c12-10-5-6-11(14(7-15)13-16)9-4-2-1-3-8(9)10/h1-7H. The van der Waals surface area contributed by atoms with Crippen molar-refractivity contribution in [1.82, 2.24) is 0 Å². The highest BCUT2D eigenvalue weighted by atomic mass is 19.1. The van der Waals surface area contributed by atoms with Crippen LogP contribution in [0.3, 0.4) is 0 Å². The zero-order valence-electron chi connectivity index (χ0n) is 8.13. The summed E-state index contributed by atoms with van der Waals surface area (Å²) in [5.74, 6) is -0.406. The normalized spacial score (nSPS) is 10.1. The Labute approximate surface area is 90.2 Å². The summed E-state index contributed by atoms with van der Waals surface area (Å²) in [4.78, 5) is 21.0. The van der Waals surface area contributed by atoms with Crippen LogP contribution in [0.4, 0.5) is 10.1 Å². The van der Waals surface area contributed by atoms with E-state index in [1.165, 1.54) is 12.1 Å². The number of anilines is 1. The number of fused-ring (bicyclic) bond motifs is 1. The molecular formula is C11H7FN2O2. The third-order valence-electron chi connectivity index (χ3n) is 2.28.